The first-order chi connectivity index (χ1) is 10.6. The standard InChI is InChI=1S/C14H13BrNO4S2/c15-9-1-3-12(11(7-9)14-21-5-6-22-14)19-8-10-2-4-13(20-10)16(17)18/h1-4,7,14,17H,5-6,8H2/q-1. The lowest BCUT2D eigenvalue weighted by atomic mass is 10.2. The van der Waals surface area contributed by atoms with Gasteiger partial charge in [0.05, 0.1) is 4.58 Å². The fourth-order valence-electron chi connectivity index (χ4n) is 2.07. The zero-order chi connectivity index (χ0) is 15.5. The molecule has 1 saturated heterocycles. The summed E-state index contributed by atoms with van der Waals surface area (Å²) in [5.74, 6) is 3.40. The second kappa shape index (κ2) is 7.18. The van der Waals surface area contributed by atoms with E-state index in [0.29, 0.717) is 10.3 Å². The number of hydrogen-bond acceptors (Lipinski definition) is 7. The fourth-order valence-corrected chi connectivity index (χ4v) is 5.34. The third kappa shape index (κ3) is 3.75. The number of hydrogen-bond donors (Lipinski definition) is 1. The first kappa shape index (κ1) is 16.1. The molecule has 0 saturated carbocycles. The number of halogens is 1. The van der Waals surface area contributed by atoms with E-state index in [1.165, 1.54) is 6.07 Å². The van der Waals surface area contributed by atoms with Crippen molar-refractivity contribution in [3.63, 3.8) is 0 Å². The van der Waals surface area contributed by atoms with Crippen LogP contribution in [0.5, 0.6) is 5.75 Å². The lowest BCUT2D eigenvalue weighted by Crippen LogP contribution is -2.05. The van der Waals surface area contributed by atoms with Crippen LogP contribution in [0.1, 0.15) is 15.9 Å². The molecule has 0 amide bonds. The Kier molecular flexibility index (Phi) is 5.25. The zero-order valence-corrected chi connectivity index (χ0v) is 14.6. The van der Waals surface area contributed by atoms with Gasteiger partial charge in [-0.15, -0.1) is 23.5 Å². The van der Waals surface area contributed by atoms with Crippen LogP contribution in [0.4, 0.5) is 5.88 Å². The van der Waals surface area contributed by atoms with Crippen molar-refractivity contribution < 1.29 is 14.4 Å². The van der Waals surface area contributed by atoms with Crippen LogP contribution in [-0.2, 0) is 6.61 Å². The van der Waals surface area contributed by atoms with Crippen molar-refractivity contribution in [3.8, 4) is 5.75 Å². The SMILES string of the molecule is [O-]N(O)c1ccc(COc2ccc(Br)cc2C2SCCS2)o1. The second-order valence-corrected chi connectivity index (χ2v) is 8.20. The van der Waals surface area contributed by atoms with Gasteiger partial charge in [-0.25, -0.2) is 0 Å². The molecule has 0 radical (unpaired) electrons. The van der Waals surface area contributed by atoms with E-state index in [4.69, 9.17) is 14.4 Å². The Hall–Kier alpha value is -0.800. The number of furan rings is 1. The van der Waals surface area contributed by atoms with Crippen LogP contribution in [-0.4, -0.2) is 16.7 Å². The molecule has 0 atom stereocenters. The molecule has 0 unspecified atom stereocenters. The number of benzene rings is 1. The highest BCUT2D eigenvalue weighted by molar-refractivity contribution is 9.10. The summed E-state index contributed by atoms with van der Waals surface area (Å²) < 4.78 is 12.4. The number of anilines is 1. The van der Waals surface area contributed by atoms with Crippen LogP contribution >= 0.6 is 39.5 Å². The molecule has 1 aliphatic rings. The monoisotopic (exact) mass is 402 g/mol. The molecule has 3 rings (SSSR count). The van der Waals surface area contributed by atoms with Gasteiger partial charge in [0.2, 0.25) is 5.88 Å². The van der Waals surface area contributed by atoms with Gasteiger partial charge in [-0.2, -0.15) is 0 Å². The lowest BCUT2D eigenvalue weighted by molar-refractivity contribution is 0.246. The summed E-state index contributed by atoms with van der Waals surface area (Å²) in [6.45, 7) is 0.199. The first-order valence-corrected chi connectivity index (χ1v) is 9.43. The van der Waals surface area contributed by atoms with E-state index in [2.05, 4.69) is 22.0 Å². The average molecular weight is 403 g/mol. The largest absolute Gasteiger partial charge is 0.731 e. The summed E-state index contributed by atoms with van der Waals surface area (Å²) in [6, 6.07) is 8.94. The van der Waals surface area contributed by atoms with Gasteiger partial charge in [0.15, 0.2) is 0 Å². The van der Waals surface area contributed by atoms with Crippen LogP contribution < -0.4 is 9.96 Å². The molecular formula is C14H13BrNO4S2-. The molecule has 1 aromatic heterocycles. The van der Waals surface area contributed by atoms with E-state index in [9.17, 15) is 5.21 Å². The second-order valence-electron chi connectivity index (χ2n) is 4.56. The molecule has 0 bridgehead atoms. The highest BCUT2D eigenvalue weighted by Crippen LogP contribution is 2.48. The van der Waals surface area contributed by atoms with Gasteiger partial charge in [-0.05, 0) is 24.3 Å². The molecule has 2 heterocycles. The van der Waals surface area contributed by atoms with Gasteiger partial charge in [-0.1, -0.05) is 15.9 Å². The van der Waals surface area contributed by atoms with Crippen LogP contribution in [0.2, 0.25) is 0 Å². The molecule has 1 N–H and O–H groups in total. The smallest absolute Gasteiger partial charge is 0.209 e. The minimum atomic E-state index is -0.305. The average Bonchev–Trinajstić information content (AvgIpc) is 3.17. The maximum atomic E-state index is 10.7. The minimum Gasteiger partial charge on any atom is -0.731 e. The molecule has 1 aliphatic heterocycles. The van der Waals surface area contributed by atoms with Gasteiger partial charge >= 0.3 is 0 Å². The first-order valence-electron chi connectivity index (χ1n) is 6.54. The van der Waals surface area contributed by atoms with Crippen molar-refractivity contribution >= 4 is 45.3 Å². The molecule has 8 heteroatoms. The van der Waals surface area contributed by atoms with Crippen molar-refractivity contribution in [3.05, 3.63) is 51.3 Å². The van der Waals surface area contributed by atoms with Gasteiger partial charge in [-0.3, -0.25) is 10.4 Å². The van der Waals surface area contributed by atoms with Crippen molar-refractivity contribution in [2.75, 3.05) is 16.7 Å². The number of thioether (sulfide) groups is 2. The van der Waals surface area contributed by atoms with Crippen molar-refractivity contribution in [1.29, 1.82) is 0 Å². The normalized spacial score (nSPS) is 15.2. The van der Waals surface area contributed by atoms with Crippen molar-refractivity contribution in [2.24, 2.45) is 0 Å². The summed E-state index contributed by atoms with van der Waals surface area (Å²) in [5, 5.41) is 19.2. The van der Waals surface area contributed by atoms with E-state index in [0.717, 1.165) is 27.3 Å². The number of ether oxygens (including phenoxy) is 1. The Morgan fingerprint density at radius 1 is 1.32 bits per heavy atom. The summed E-state index contributed by atoms with van der Waals surface area (Å²) in [7, 11) is 0. The minimum absolute atomic E-state index is 0.156. The summed E-state index contributed by atoms with van der Waals surface area (Å²) in [6.07, 6.45) is 0. The number of nitrogens with zero attached hydrogens (tertiary/aromatic N) is 1. The predicted molar refractivity (Wildman–Crippen MR) is 92.5 cm³/mol. The Balaban J connectivity index is 1.73. The Morgan fingerprint density at radius 3 is 2.77 bits per heavy atom. The third-order valence-electron chi connectivity index (χ3n) is 3.05. The van der Waals surface area contributed by atoms with E-state index >= 15 is 0 Å². The van der Waals surface area contributed by atoms with Crippen LogP contribution in [0.15, 0.2) is 39.2 Å². The molecule has 22 heavy (non-hydrogen) atoms. The van der Waals surface area contributed by atoms with Gasteiger partial charge in [0.25, 0.3) is 0 Å². The maximum Gasteiger partial charge on any atom is 0.209 e. The van der Waals surface area contributed by atoms with Gasteiger partial charge < -0.3 is 14.4 Å². The van der Waals surface area contributed by atoms with Crippen LogP contribution in [0.3, 0.4) is 0 Å². The fraction of sp³-hybridized carbons (Fsp3) is 0.286. The molecule has 1 aromatic carbocycles. The van der Waals surface area contributed by atoms with E-state index in [-0.39, 0.29) is 17.7 Å². The highest BCUT2D eigenvalue weighted by atomic mass is 79.9. The highest BCUT2D eigenvalue weighted by Gasteiger charge is 2.22. The summed E-state index contributed by atoms with van der Waals surface area (Å²) >= 11 is 7.31. The topological polar surface area (TPSA) is 68.9 Å². The van der Waals surface area contributed by atoms with Crippen LogP contribution in [0.25, 0.3) is 0 Å². The van der Waals surface area contributed by atoms with E-state index in [1.54, 1.807) is 6.07 Å². The van der Waals surface area contributed by atoms with Gasteiger partial charge in [0, 0.05) is 27.6 Å². The van der Waals surface area contributed by atoms with Crippen molar-refractivity contribution in [2.45, 2.75) is 11.2 Å². The molecule has 5 nitrogen and oxygen atoms in total. The predicted octanol–water partition coefficient (Wildman–Crippen LogP) is 4.79. The Morgan fingerprint density at radius 2 is 2.09 bits per heavy atom. The number of rotatable bonds is 5. The zero-order valence-electron chi connectivity index (χ0n) is 11.4. The lowest BCUT2D eigenvalue weighted by Gasteiger charge is -2.17. The van der Waals surface area contributed by atoms with E-state index < -0.39 is 0 Å². The van der Waals surface area contributed by atoms with Crippen LogP contribution in [0, 0.1) is 5.21 Å². The molecule has 1 fully saturated rings. The molecule has 2 aromatic rings. The van der Waals surface area contributed by atoms with E-state index in [1.807, 2.05) is 35.7 Å². The van der Waals surface area contributed by atoms with Gasteiger partial charge in [0.1, 0.15) is 18.1 Å². The summed E-state index contributed by atoms with van der Waals surface area (Å²) in [5.41, 5.74) is 1.14. The quantitative estimate of drug-likeness (QED) is 0.720. The summed E-state index contributed by atoms with van der Waals surface area (Å²) in [4.78, 5) is 0. The Bertz CT molecular complexity index is 644. The maximum absolute atomic E-state index is 10.7. The molecule has 0 spiro atoms. The van der Waals surface area contributed by atoms with Crippen molar-refractivity contribution in [1.82, 2.24) is 0 Å². The molecule has 118 valence electrons. The molecular weight excluding hydrogens is 390 g/mol. The third-order valence-corrected chi connectivity index (χ3v) is 6.61. The Labute approximate surface area is 144 Å². The molecule has 0 aliphatic carbocycles.